The lowest BCUT2D eigenvalue weighted by molar-refractivity contribution is 0.0598. The van der Waals surface area contributed by atoms with Crippen molar-refractivity contribution in [1.82, 2.24) is 19.9 Å². The molecule has 2 aliphatic rings. The average Bonchev–Trinajstić information content (AvgIpc) is 3.42. The van der Waals surface area contributed by atoms with E-state index in [9.17, 15) is 4.79 Å². The first-order chi connectivity index (χ1) is 13.2. The Labute approximate surface area is 159 Å². The van der Waals surface area contributed by atoms with Crippen molar-refractivity contribution < 1.29 is 9.53 Å². The molecule has 1 aliphatic heterocycles. The van der Waals surface area contributed by atoms with Gasteiger partial charge in [-0.2, -0.15) is 0 Å². The van der Waals surface area contributed by atoms with Crippen LogP contribution in [0, 0.1) is 0 Å². The summed E-state index contributed by atoms with van der Waals surface area (Å²) in [6.07, 6.45) is 11.9. The monoisotopic (exact) mass is 369 g/mol. The minimum atomic E-state index is -0.0988. The highest BCUT2D eigenvalue weighted by Crippen LogP contribution is 2.24. The Morgan fingerprint density at radius 2 is 1.96 bits per heavy atom. The lowest BCUT2D eigenvalue weighted by atomic mass is 9.93. The molecule has 2 fully saturated rings. The van der Waals surface area contributed by atoms with Crippen LogP contribution in [0.15, 0.2) is 30.9 Å². The van der Waals surface area contributed by atoms with Gasteiger partial charge in [-0.25, -0.2) is 9.97 Å². The molecule has 144 valence electrons. The topological polar surface area (TPSA) is 72.3 Å². The van der Waals surface area contributed by atoms with Crippen LogP contribution in [0.25, 0.3) is 5.82 Å². The number of anilines is 1. The Hall–Kier alpha value is -2.41. The minimum Gasteiger partial charge on any atom is -0.381 e. The molecule has 0 aromatic carbocycles. The third-order valence-electron chi connectivity index (χ3n) is 5.61. The zero-order valence-corrected chi connectivity index (χ0v) is 15.8. The molecule has 0 radical (unpaired) electrons. The number of pyridine rings is 1. The fourth-order valence-electron chi connectivity index (χ4n) is 4.01. The van der Waals surface area contributed by atoms with Crippen LogP contribution in [0.5, 0.6) is 0 Å². The van der Waals surface area contributed by atoms with Gasteiger partial charge in [-0.1, -0.05) is 0 Å². The number of amides is 1. The molecule has 1 saturated carbocycles. The highest BCUT2D eigenvalue weighted by Gasteiger charge is 2.24. The summed E-state index contributed by atoms with van der Waals surface area (Å²) >= 11 is 0. The van der Waals surface area contributed by atoms with Gasteiger partial charge < -0.3 is 15.0 Å². The summed E-state index contributed by atoms with van der Waals surface area (Å²) in [5, 5.41) is 3.17. The van der Waals surface area contributed by atoms with Gasteiger partial charge in [-0.05, 0) is 44.6 Å². The molecule has 1 saturated heterocycles. The summed E-state index contributed by atoms with van der Waals surface area (Å²) in [5.74, 6) is 0.628. The van der Waals surface area contributed by atoms with Gasteiger partial charge >= 0.3 is 0 Å². The first-order valence-electron chi connectivity index (χ1n) is 9.82. The number of ether oxygens (including phenoxy) is 1. The summed E-state index contributed by atoms with van der Waals surface area (Å²) < 4.78 is 7.27. The maximum atomic E-state index is 12.9. The maximum Gasteiger partial charge on any atom is 0.270 e. The number of methoxy groups -OCH3 is 1. The van der Waals surface area contributed by atoms with E-state index in [2.05, 4.69) is 20.2 Å². The molecule has 1 N–H and O–H groups in total. The number of rotatable bonds is 5. The maximum absolute atomic E-state index is 12.9. The molecule has 2 aromatic rings. The van der Waals surface area contributed by atoms with E-state index in [1.807, 2.05) is 22.9 Å². The number of aromatic nitrogens is 3. The fourth-order valence-corrected chi connectivity index (χ4v) is 4.01. The lowest BCUT2D eigenvalue weighted by Gasteiger charge is -2.28. The largest absolute Gasteiger partial charge is 0.381 e. The van der Waals surface area contributed by atoms with Crippen LogP contribution in [0.1, 0.15) is 49.0 Å². The van der Waals surface area contributed by atoms with Crippen molar-refractivity contribution in [2.24, 2.45) is 0 Å². The number of hydrogen-bond acceptors (Lipinski definition) is 5. The smallest absolute Gasteiger partial charge is 0.270 e. The van der Waals surface area contributed by atoms with Gasteiger partial charge in [0, 0.05) is 50.4 Å². The summed E-state index contributed by atoms with van der Waals surface area (Å²) in [5.41, 5.74) is 1.52. The van der Waals surface area contributed by atoms with E-state index in [1.54, 1.807) is 19.6 Å². The van der Waals surface area contributed by atoms with Gasteiger partial charge in [0.2, 0.25) is 0 Å². The molecule has 7 heteroatoms. The van der Waals surface area contributed by atoms with Crippen molar-refractivity contribution in [1.29, 1.82) is 0 Å². The van der Waals surface area contributed by atoms with Crippen LogP contribution in [-0.4, -0.2) is 52.8 Å². The molecule has 4 rings (SSSR count). The molecule has 7 nitrogen and oxygen atoms in total. The molecule has 0 unspecified atom stereocenters. The molecule has 0 atom stereocenters. The Morgan fingerprint density at radius 3 is 2.63 bits per heavy atom. The van der Waals surface area contributed by atoms with Crippen LogP contribution in [0.2, 0.25) is 0 Å². The Kier molecular flexibility index (Phi) is 5.38. The molecule has 3 heterocycles. The molecule has 1 aliphatic carbocycles. The Bertz CT molecular complexity index is 763. The molecule has 0 bridgehead atoms. The second kappa shape index (κ2) is 8.08. The third-order valence-corrected chi connectivity index (χ3v) is 5.61. The normalized spacial score (nSPS) is 22.8. The van der Waals surface area contributed by atoms with Crippen LogP contribution in [0.4, 0.5) is 5.69 Å². The lowest BCUT2D eigenvalue weighted by Crippen LogP contribution is -2.39. The van der Waals surface area contributed by atoms with E-state index >= 15 is 0 Å². The summed E-state index contributed by atoms with van der Waals surface area (Å²) in [7, 11) is 1.76. The number of carbonyl (C=O) groups excluding carboxylic acids is 1. The van der Waals surface area contributed by atoms with Crippen LogP contribution >= 0.6 is 0 Å². The van der Waals surface area contributed by atoms with Gasteiger partial charge in [0.1, 0.15) is 17.8 Å². The van der Waals surface area contributed by atoms with Crippen molar-refractivity contribution in [2.45, 2.75) is 50.7 Å². The summed E-state index contributed by atoms with van der Waals surface area (Å²) in [4.78, 5) is 23.9. The van der Waals surface area contributed by atoms with E-state index in [0.29, 0.717) is 11.8 Å². The number of imidazole rings is 1. The standard InChI is InChI=1S/C20H27N5O2/c1-27-17-6-4-15(5-7-17)22-20(26)18-12-16(24-9-2-3-10-24)13-19(23-18)25-11-8-21-14-25/h8,11-15,17H,2-7,9-10H2,1H3,(H,22,26). The van der Waals surface area contributed by atoms with Crippen molar-refractivity contribution in [2.75, 3.05) is 25.1 Å². The number of nitrogens with zero attached hydrogens (tertiary/aromatic N) is 4. The van der Waals surface area contributed by atoms with Gasteiger partial charge in [0.05, 0.1) is 6.10 Å². The Morgan fingerprint density at radius 1 is 1.19 bits per heavy atom. The van der Waals surface area contributed by atoms with Gasteiger partial charge in [-0.3, -0.25) is 9.36 Å². The molecular weight excluding hydrogens is 342 g/mol. The van der Waals surface area contributed by atoms with Gasteiger partial charge in [-0.15, -0.1) is 0 Å². The van der Waals surface area contributed by atoms with Gasteiger partial charge in [0.15, 0.2) is 0 Å². The quantitative estimate of drug-likeness (QED) is 0.877. The van der Waals surface area contributed by atoms with Gasteiger partial charge in [0.25, 0.3) is 5.91 Å². The van der Waals surface area contributed by atoms with E-state index in [1.165, 1.54) is 12.8 Å². The van der Waals surface area contributed by atoms with E-state index < -0.39 is 0 Å². The summed E-state index contributed by atoms with van der Waals surface area (Å²) in [6, 6.07) is 4.15. The molecule has 0 spiro atoms. The first-order valence-corrected chi connectivity index (χ1v) is 9.82. The molecule has 1 amide bonds. The number of hydrogen-bond donors (Lipinski definition) is 1. The zero-order chi connectivity index (χ0) is 18.6. The van der Waals surface area contributed by atoms with Crippen LogP contribution in [-0.2, 0) is 4.74 Å². The van der Waals surface area contributed by atoms with Crippen molar-refractivity contribution in [3.63, 3.8) is 0 Å². The zero-order valence-electron chi connectivity index (χ0n) is 15.8. The highest BCUT2D eigenvalue weighted by atomic mass is 16.5. The number of carbonyl (C=O) groups is 1. The second-order valence-corrected chi connectivity index (χ2v) is 7.42. The summed E-state index contributed by atoms with van der Waals surface area (Å²) in [6.45, 7) is 2.05. The second-order valence-electron chi connectivity index (χ2n) is 7.42. The third kappa shape index (κ3) is 4.13. The van der Waals surface area contributed by atoms with Crippen molar-refractivity contribution in [3.05, 3.63) is 36.5 Å². The predicted molar refractivity (Wildman–Crippen MR) is 103 cm³/mol. The van der Waals surface area contributed by atoms with E-state index in [0.717, 1.165) is 50.3 Å². The molecule has 27 heavy (non-hydrogen) atoms. The van der Waals surface area contributed by atoms with Crippen molar-refractivity contribution in [3.8, 4) is 5.82 Å². The molecular formula is C20H27N5O2. The number of nitrogens with one attached hydrogen (secondary N) is 1. The SMILES string of the molecule is COC1CCC(NC(=O)c2cc(N3CCCC3)cc(-n3ccnc3)n2)CC1. The van der Waals surface area contributed by atoms with Crippen LogP contribution < -0.4 is 10.2 Å². The fraction of sp³-hybridized carbons (Fsp3) is 0.550. The van der Waals surface area contributed by atoms with E-state index in [4.69, 9.17) is 4.74 Å². The van der Waals surface area contributed by atoms with Crippen molar-refractivity contribution >= 4 is 11.6 Å². The average molecular weight is 369 g/mol. The van der Waals surface area contributed by atoms with Crippen LogP contribution in [0.3, 0.4) is 0 Å². The highest BCUT2D eigenvalue weighted by molar-refractivity contribution is 5.93. The predicted octanol–water partition coefficient (Wildman–Crippen LogP) is 2.55. The first kappa shape index (κ1) is 18.0. The van der Waals surface area contributed by atoms with E-state index in [-0.39, 0.29) is 11.9 Å². The molecule has 2 aromatic heterocycles. The minimum absolute atomic E-state index is 0.0988. The Balaban J connectivity index is 1.54.